The minimum Gasteiger partial charge on any atom is -0.341 e. The molecule has 0 radical (unpaired) electrons. The lowest BCUT2D eigenvalue weighted by atomic mass is 9.96. The average Bonchev–Trinajstić information content (AvgIpc) is 2.33. The molecule has 0 N–H and O–H groups in total. The van der Waals surface area contributed by atoms with Crippen molar-refractivity contribution in [1.29, 1.82) is 0 Å². The Morgan fingerprint density at radius 3 is 2.06 bits per heavy atom. The second-order valence-electron chi connectivity index (χ2n) is 4.64. The third-order valence-electron chi connectivity index (χ3n) is 3.07. The molecule has 17 heavy (non-hydrogen) atoms. The molecule has 0 aromatic rings. The normalized spacial score (nSPS) is 10.9. The molecule has 0 aliphatic carbocycles. The molecule has 0 fully saturated rings. The maximum absolute atomic E-state index is 12.4. The monoisotopic (exact) mass is 261 g/mol. The SMILES string of the molecule is CCCCN(CCCl)C(=O)C(CCC)CCC. The Morgan fingerprint density at radius 2 is 1.65 bits per heavy atom. The number of alkyl halides is 1. The van der Waals surface area contributed by atoms with Gasteiger partial charge in [0.15, 0.2) is 0 Å². The van der Waals surface area contributed by atoms with Gasteiger partial charge in [0, 0.05) is 24.9 Å². The van der Waals surface area contributed by atoms with Crippen molar-refractivity contribution in [2.45, 2.75) is 59.3 Å². The van der Waals surface area contributed by atoms with Gasteiger partial charge in [-0.2, -0.15) is 0 Å². The van der Waals surface area contributed by atoms with Gasteiger partial charge in [-0.3, -0.25) is 4.79 Å². The van der Waals surface area contributed by atoms with Crippen LogP contribution in [0, 0.1) is 5.92 Å². The highest BCUT2D eigenvalue weighted by Gasteiger charge is 2.22. The van der Waals surface area contributed by atoms with Gasteiger partial charge in [0.05, 0.1) is 0 Å². The molecule has 0 atom stereocenters. The highest BCUT2D eigenvalue weighted by atomic mass is 35.5. The van der Waals surface area contributed by atoms with Crippen LogP contribution in [0.15, 0.2) is 0 Å². The van der Waals surface area contributed by atoms with Gasteiger partial charge in [0.2, 0.25) is 5.91 Å². The van der Waals surface area contributed by atoms with Crippen molar-refractivity contribution in [3.8, 4) is 0 Å². The van der Waals surface area contributed by atoms with E-state index >= 15 is 0 Å². The maximum atomic E-state index is 12.4. The molecule has 0 aromatic heterocycles. The van der Waals surface area contributed by atoms with Gasteiger partial charge in [-0.15, -0.1) is 11.6 Å². The summed E-state index contributed by atoms with van der Waals surface area (Å²) in [5.74, 6) is 1.08. The summed E-state index contributed by atoms with van der Waals surface area (Å²) in [7, 11) is 0. The van der Waals surface area contributed by atoms with Crippen molar-refractivity contribution in [3.05, 3.63) is 0 Å². The molecule has 0 saturated carbocycles. The number of carbonyl (C=O) groups is 1. The Balaban J connectivity index is 4.40. The largest absolute Gasteiger partial charge is 0.341 e. The van der Waals surface area contributed by atoms with Gasteiger partial charge in [-0.25, -0.2) is 0 Å². The second-order valence-corrected chi connectivity index (χ2v) is 5.02. The summed E-state index contributed by atoms with van der Waals surface area (Å²) < 4.78 is 0. The van der Waals surface area contributed by atoms with Crippen LogP contribution in [-0.2, 0) is 4.79 Å². The van der Waals surface area contributed by atoms with Crippen LogP contribution in [0.5, 0.6) is 0 Å². The van der Waals surface area contributed by atoms with Crippen molar-refractivity contribution in [3.63, 3.8) is 0 Å². The molecule has 0 aliphatic rings. The summed E-state index contributed by atoms with van der Waals surface area (Å²) in [6, 6.07) is 0. The van der Waals surface area contributed by atoms with E-state index in [-0.39, 0.29) is 5.92 Å². The number of amides is 1. The molecule has 0 bridgehead atoms. The van der Waals surface area contributed by atoms with Crippen LogP contribution in [0.4, 0.5) is 0 Å². The fourth-order valence-electron chi connectivity index (χ4n) is 2.13. The van der Waals surface area contributed by atoms with Gasteiger partial charge in [-0.1, -0.05) is 40.0 Å². The van der Waals surface area contributed by atoms with E-state index in [0.717, 1.165) is 45.1 Å². The van der Waals surface area contributed by atoms with Crippen molar-refractivity contribution < 1.29 is 4.79 Å². The average molecular weight is 262 g/mol. The fraction of sp³-hybridized carbons (Fsp3) is 0.929. The summed E-state index contributed by atoms with van der Waals surface area (Å²) in [4.78, 5) is 14.4. The zero-order valence-electron chi connectivity index (χ0n) is 11.7. The number of halogens is 1. The summed E-state index contributed by atoms with van der Waals surface area (Å²) in [5.41, 5.74) is 0. The number of unbranched alkanes of at least 4 members (excludes halogenated alkanes) is 1. The summed E-state index contributed by atoms with van der Waals surface area (Å²) in [6.45, 7) is 8.01. The predicted octanol–water partition coefficient (Wildman–Crippen LogP) is 4.07. The highest BCUT2D eigenvalue weighted by molar-refractivity contribution is 6.18. The van der Waals surface area contributed by atoms with Crippen LogP contribution in [0.3, 0.4) is 0 Å². The van der Waals surface area contributed by atoms with E-state index < -0.39 is 0 Å². The van der Waals surface area contributed by atoms with Gasteiger partial charge < -0.3 is 4.90 Å². The Hall–Kier alpha value is -0.240. The van der Waals surface area contributed by atoms with Gasteiger partial charge in [0.25, 0.3) is 0 Å². The van der Waals surface area contributed by atoms with Crippen LogP contribution in [-0.4, -0.2) is 29.8 Å². The fourth-order valence-corrected chi connectivity index (χ4v) is 2.33. The van der Waals surface area contributed by atoms with Gasteiger partial charge in [0.1, 0.15) is 0 Å². The molecule has 102 valence electrons. The first-order valence-corrected chi connectivity index (χ1v) is 7.59. The molecule has 0 spiro atoms. The van der Waals surface area contributed by atoms with Crippen LogP contribution >= 0.6 is 11.6 Å². The summed E-state index contributed by atoms with van der Waals surface area (Å²) in [5, 5.41) is 0. The quantitative estimate of drug-likeness (QED) is 0.543. The third-order valence-corrected chi connectivity index (χ3v) is 3.24. The van der Waals surface area contributed by atoms with E-state index in [9.17, 15) is 4.79 Å². The number of hydrogen-bond acceptors (Lipinski definition) is 1. The van der Waals surface area contributed by atoms with E-state index in [1.54, 1.807) is 0 Å². The number of nitrogens with zero attached hydrogens (tertiary/aromatic N) is 1. The zero-order valence-corrected chi connectivity index (χ0v) is 12.4. The van der Waals surface area contributed by atoms with E-state index in [1.165, 1.54) is 0 Å². The molecular weight excluding hydrogens is 234 g/mol. The van der Waals surface area contributed by atoms with E-state index in [2.05, 4.69) is 20.8 Å². The molecule has 3 heteroatoms. The molecule has 0 unspecified atom stereocenters. The molecule has 2 nitrogen and oxygen atoms in total. The Kier molecular flexibility index (Phi) is 10.7. The Labute approximate surface area is 112 Å². The van der Waals surface area contributed by atoms with Crippen LogP contribution < -0.4 is 0 Å². The first-order valence-electron chi connectivity index (χ1n) is 7.05. The zero-order chi connectivity index (χ0) is 13.1. The van der Waals surface area contributed by atoms with Crippen LogP contribution in [0.2, 0.25) is 0 Å². The smallest absolute Gasteiger partial charge is 0.225 e. The summed E-state index contributed by atoms with van der Waals surface area (Å²) >= 11 is 5.78. The predicted molar refractivity (Wildman–Crippen MR) is 75.5 cm³/mol. The maximum Gasteiger partial charge on any atom is 0.225 e. The number of hydrogen-bond donors (Lipinski definition) is 0. The lowest BCUT2D eigenvalue weighted by Crippen LogP contribution is -2.38. The lowest BCUT2D eigenvalue weighted by molar-refractivity contribution is -0.135. The molecule has 1 amide bonds. The minimum absolute atomic E-state index is 0.213. The van der Waals surface area contributed by atoms with E-state index in [0.29, 0.717) is 18.3 Å². The van der Waals surface area contributed by atoms with Gasteiger partial charge >= 0.3 is 0 Å². The minimum atomic E-state index is 0.213. The van der Waals surface area contributed by atoms with Crippen molar-refractivity contribution in [1.82, 2.24) is 4.90 Å². The van der Waals surface area contributed by atoms with Crippen LogP contribution in [0.1, 0.15) is 59.3 Å². The van der Waals surface area contributed by atoms with Crippen molar-refractivity contribution in [2.24, 2.45) is 5.92 Å². The van der Waals surface area contributed by atoms with E-state index in [1.807, 2.05) is 4.90 Å². The molecule has 0 rings (SSSR count). The Bertz CT molecular complexity index is 191. The first-order chi connectivity index (χ1) is 8.21. The van der Waals surface area contributed by atoms with Crippen molar-refractivity contribution in [2.75, 3.05) is 19.0 Å². The molecular formula is C14H28ClNO. The van der Waals surface area contributed by atoms with Crippen molar-refractivity contribution >= 4 is 17.5 Å². The first kappa shape index (κ1) is 16.8. The van der Waals surface area contributed by atoms with Crippen LogP contribution in [0.25, 0.3) is 0 Å². The number of rotatable bonds is 10. The highest BCUT2D eigenvalue weighted by Crippen LogP contribution is 2.17. The lowest BCUT2D eigenvalue weighted by Gasteiger charge is -2.26. The Morgan fingerprint density at radius 1 is 1.06 bits per heavy atom. The topological polar surface area (TPSA) is 20.3 Å². The molecule has 0 aromatic carbocycles. The van der Waals surface area contributed by atoms with Gasteiger partial charge in [-0.05, 0) is 19.3 Å². The molecule has 0 saturated heterocycles. The molecule has 0 heterocycles. The second kappa shape index (κ2) is 10.9. The standard InChI is InChI=1S/C14H28ClNO/c1-4-7-11-16(12-10-15)14(17)13(8-5-2)9-6-3/h13H,4-12H2,1-3H3. The number of carbonyl (C=O) groups excluding carboxylic acids is 1. The summed E-state index contributed by atoms with van der Waals surface area (Å²) in [6.07, 6.45) is 6.39. The third kappa shape index (κ3) is 6.92. The van der Waals surface area contributed by atoms with E-state index in [4.69, 9.17) is 11.6 Å². The molecule has 0 aliphatic heterocycles.